The Morgan fingerprint density at radius 2 is 2.00 bits per heavy atom. The molecule has 124 valence electrons. The van der Waals surface area contributed by atoms with Crippen molar-refractivity contribution in [3.8, 4) is 0 Å². The van der Waals surface area contributed by atoms with Crippen LogP contribution in [0.2, 0.25) is 0 Å². The molecule has 0 spiro atoms. The van der Waals surface area contributed by atoms with Crippen molar-refractivity contribution in [1.29, 1.82) is 0 Å². The third-order valence-electron chi connectivity index (χ3n) is 3.91. The predicted octanol–water partition coefficient (Wildman–Crippen LogP) is 3.80. The van der Waals surface area contributed by atoms with Gasteiger partial charge in [0.05, 0.1) is 13.2 Å². The van der Waals surface area contributed by atoms with E-state index in [1.807, 2.05) is 0 Å². The number of hydrogen-bond donors (Lipinski definition) is 1. The maximum absolute atomic E-state index is 5.50. The van der Waals surface area contributed by atoms with E-state index < -0.39 is 0 Å². The molecule has 1 fully saturated rings. The van der Waals surface area contributed by atoms with Gasteiger partial charge in [0.2, 0.25) is 5.13 Å². The maximum Gasteiger partial charge on any atom is 0.207 e. The first kappa shape index (κ1) is 16.2. The largest absolute Gasteiger partial charge is 0.377 e. The molecule has 0 radical (unpaired) electrons. The number of rotatable bonds is 3. The highest BCUT2D eigenvalue weighted by atomic mass is 32.1. The van der Waals surface area contributed by atoms with Crippen molar-refractivity contribution in [3.63, 3.8) is 0 Å². The van der Waals surface area contributed by atoms with E-state index in [0.717, 1.165) is 36.4 Å². The topological polar surface area (TPSA) is 50.3 Å². The van der Waals surface area contributed by atoms with Crippen molar-refractivity contribution in [2.45, 2.75) is 39.2 Å². The van der Waals surface area contributed by atoms with Gasteiger partial charge in [0.1, 0.15) is 5.82 Å². The molecule has 3 rings (SSSR count). The molecule has 2 aromatic rings. The summed E-state index contributed by atoms with van der Waals surface area (Å²) in [5.74, 6) is 0.878. The van der Waals surface area contributed by atoms with Crippen molar-refractivity contribution < 1.29 is 4.74 Å². The molecule has 0 bridgehead atoms. The normalized spacial score (nSPS) is 19.0. The minimum Gasteiger partial charge on any atom is -0.377 e. The Hall–Kier alpha value is -1.66. The quantitative estimate of drug-likeness (QED) is 0.926. The van der Waals surface area contributed by atoms with Gasteiger partial charge in [0.15, 0.2) is 0 Å². The second-order valence-electron chi connectivity index (χ2n) is 6.96. The van der Waals surface area contributed by atoms with Gasteiger partial charge in [-0.3, -0.25) is 0 Å². The van der Waals surface area contributed by atoms with E-state index in [4.69, 9.17) is 4.74 Å². The molecule has 0 saturated carbocycles. The predicted molar refractivity (Wildman–Crippen MR) is 96.0 cm³/mol. The first-order valence-corrected chi connectivity index (χ1v) is 8.76. The molecule has 23 heavy (non-hydrogen) atoms. The lowest BCUT2D eigenvalue weighted by Crippen LogP contribution is -2.43. The van der Waals surface area contributed by atoms with Crippen molar-refractivity contribution in [2.75, 3.05) is 30.0 Å². The first-order chi connectivity index (χ1) is 10.9. The van der Waals surface area contributed by atoms with Crippen molar-refractivity contribution in [1.82, 2.24) is 9.36 Å². The van der Waals surface area contributed by atoms with E-state index in [1.54, 1.807) is 0 Å². The molecule has 1 aromatic carbocycles. The monoisotopic (exact) mass is 332 g/mol. The zero-order chi connectivity index (χ0) is 16.4. The summed E-state index contributed by atoms with van der Waals surface area (Å²) in [6, 6.07) is 8.90. The van der Waals surface area contributed by atoms with Crippen molar-refractivity contribution in [2.24, 2.45) is 0 Å². The maximum atomic E-state index is 5.50. The molecular formula is C17H24N4OS. The van der Waals surface area contributed by atoms with Gasteiger partial charge in [-0.1, -0.05) is 20.8 Å². The second kappa shape index (κ2) is 6.45. The first-order valence-electron chi connectivity index (χ1n) is 7.99. The fraction of sp³-hybridized carbons (Fsp3) is 0.529. The van der Waals surface area contributed by atoms with Gasteiger partial charge < -0.3 is 15.0 Å². The van der Waals surface area contributed by atoms with E-state index in [1.165, 1.54) is 17.2 Å². The SMILES string of the molecule is CC1COCCN1c1ccc(Nc2nc(C(C)(C)C)ns2)cc1. The molecule has 1 aromatic heterocycles. The Morgan fingerprint density at radius 1 is 1.26 bits per heavy atom. The summed E-state index contributed by atoms with van der Waals surface area (Å²) in [5, 5.41) is 4.18. The van der Waals surface area contributed by atoms with Gasteiger partial charge in [-0.2, -0.15) is 4.37 Å². The van der Waals surface area contributed by atoms with Crippen LogP contribution in [-0.4, -0.2) is 35.2 Å². The van der Waals surface area contributed by atoms with Gasteiger partial charge in [-0.25, -0.2) is 4.98 Å². The number of benzene rings is 1. The summed E-state index contributed by atoms with van der Waals surface area (Å²) in [6.07, 6.45) is 0. The molecule has 1 saturated heterocycles. The molecule has 1 unspecified atom stereocenters. The summed E-state index contributed by atoms with van der Waals surface area (Å²) in [5.41, 5.74) is 2.25. The standard InChI is InChI=1S/C17H24N4OS/c1-12-11-22-10-9-21(12)14-7-5-13(6-8-14)18-16-19-15(20-23-16)17(2,3)4/h5-8,12H,9-11H2,1-4H3,(H,18,19,20). The zero-order valence-corrected chi connectivity index (χ0v) is 15.0. The third-order valence-corrected chi connectivity index (χ3v) is 4.55. The number of ether oxygens (including phenoxy) is 1. The van der Waals surface area contributed by atoms with Crippen LogP contribution in [0.15, 0.2) is 24.3 Å². The smallest absolute Gasteiger partial charge is 0.207 e. The minimum atomic E-state index is -0.0211. The van der Waals surface area contributed by atoms with Gasteiger partial charge in [-0.15, -0.1) is 0 Å². The third kappa shape index (κ3) is 3.82. The number of anilines is 3. The van der Waals surface area contributed by atoms with Crippen LogP contribution in [0, 0.1) is 0 Å². The number of nitrogens with one attached hydrogen (secondary N) is 1. The number of hydrogen-bond acceptors (Lipinski definition) is 6. The lowest BCUT2D eigenvalue weighted by atomic mass is 9.96. The Labute approximate surface area is 141 Å². The van der Waals surface area contributed by atoms with Crippen LogP contribution in [0.3, 0.4) is 0 Å². The van der Waals surface area contributed by atoms with Gasteiger partial charge in [-0.05, 0) is 31.2 Å². The molecule has 1 aliphatic rings. The average molecular weight is 332 g/mol. The molecule has 1 N–H and O–H groups in total. The molecule has 0 aliphatic carbocycles. The van der Waals surface area contributed by atoms with Crippen molar-refractivity contribution >= 4 is 28.0 Å². The van der Waals surface area contributed by atoms with E-state index in [9.17, 15) is 0 Å². The molecule has 1 atom stereocenters. The summed E-state index contributed by atoms with van der Waals surface area (Å²) in [7, 11) is 0. The lowest BCUT2D eigenvalue weighted by Gasteiger charge is -2.35. The van der Waals surface area contributed by atoms with Gasteiger partial charge in [0.25, 0.3) is 0 Å². The van der Waals surface area contributed by atoms with Crippen LogP contribution < -0.4 is 10.2 Å². The zero-order valence-electron chi connectivity index (χ0n) is 14.2. The van der Waals surface area contributed by atoms with Crippen molar-refractivity contribution in [3.05, 3.63) is 30.1 Å². The molecule has 6 heteroatoms. The van der Waals surface area contributed by atoms with Crippen LogP contribution in [0.4, 0.5) is 16.5 Å². The highest BCUT2D eigenvalue weighted by Crippen LogP contribution is 2.27. The van der Waals surface area contributed by atoms with Crippen LogP contribution in [0.25, 0.3) is 0 Å². The molecule has 1 aliphatic heterocycles. The van der Waals surface area contributed by atoms with E-state index in [2.05, 4.69) is 71.5 Å². The summed E-state index contributed by atoms with van der Waals surface area (Å²) in [4.78, 5) is 6.96. The van der Waals surface area contributed by atoms with Crippen LogP contribution in [0.1, 0.15) is 33.5 Å². The average Bonchev–Trinajstić information content (AvgIpc) is 2.97. The van der Waals surface area contributed by atoms with E-state index >= 15 is 0 Å². The summed E-state index contributed by atoms with van der Waals surface area (Å²) < 4.78 is 9.93. The minimum absolute atomic E-state index is 0.0211. The molecule has 0 amide bonds. The van der Waals surface area contributed by atoms with Crippen LogP contribution in [0.5, 0.6) is 0 Å². The van der Waals surface area contributed by atoms with E-state index in [0.29, 0.717) is 6.04 Å². The van der Waals surface area contributed by atoms with Gasteiger partial charge in [0, 0.05) is 40.9 Å². The van der Waals surface area contributed by atoms with Crippen LogP contribution in [-0.2, 0) is 10.2 Å². The second-order valence-corrected chi connectivity index (χ2v) is 7.71. The highest BCUT2D eigenvalue weighted by Gasteiger charge is 2.20. The van der Waals surface area contributed by atoms with Gasteiger partial charge >= 0.3 is 0 Å². The fourth-order valence-electron chi connectivity index (χ4n) is 2.55. The Balaban J connectivity index is 1.69. The Kier molecular flexibility index (Phi) is 4.55. The Morgan fingerprint density at radius 3 is 2.61 bits per heavy atom. The number of nitrogens with zero attached hydrogens (tertiary/aromatic N) is 3. The molecular weight excluding hydrogens is 308 g/mol. The van der Waals surface area contributed by atoms with E-state index in [-0.39, 0.29) is 5.41 Å². The summed E-state index contributed by atoms with van der Waals surface area (Å²) in [6.45, 7) is 11.1. The highest BCUT2D eigenvalue weighted by molar-refractivity contribution is 7.09. The summed E-state index contributed by atoms with van der Waals surface area (Å²) >= 11 is 1.40. The molecule has 2 heterocycles. The lowest BCUT2D eigenvalue weighted by molar-refractivity contribution is 0.0989. The Bertz CT molecular complexity index is 647. The van der Waals surface area contributed by atoms with Crippen LogP contribution >= 0.6 is 11.5 Å². The molecule has 5 nitrogen and oxygen atoms in total. The fourth-order valence-corrected chi connectivity index (χ4v) is 3.33. The number of morpholine rings is 1. The number of aromatic nitrogens is 2.